The maximum Gasteiger partial charge on any atom is 0.324 e. The van der Waals surface area contributed by atoms with Crippen LogP contribution in [0.4, 0.5) is 5.69 Å². The Morgan fingerprint density at radius 3 is 2.51 bits per heavy atom. The highest BCUT2D eigenvalue weighted by Crippen LogP contribution is 2.43. The van der Waals surface area contributed by atoms with Crippen molar-refractivity contribution in [2.45, 2.75) is 116 Å². The number of nitrogens with zero attached hydrogens (tertiary/aromatic N) is 6. The molecule has 5 N–H and O–H groups in total. The number of anilines is 1. The number of aromatic hydroxyl groups is 1. The van der Waals surface area contributed by atoms with Crippen LogP contribution in [0.25, 0.3) is 33.3 Å². The van der Waals surface area contributed by atoms with E-state index in [4.69, 9.17) is 24.9 Å². The summed E-state index contributed by atoms with van der Waals surface area (Å²) in [6.45, 7) is 15.3. The number of amides is 4. The average molecular weight is 1090 g/mol. The number of piperazine rings is 1. The van der Waals surface area contributed by atoms with Crippen LogP contribution in [0.15, 0.2) is 72.9 Å². The molecule has 6 atom stereocenters. The Morgan fingerprint density at radius 2 is 1.79 bits per heavy atom. The Labute approximate surface area is 469 Å². The minimum Gasteiger partial charge on any atom is -0.508 e. The lowest BCUT2D eigenvalue weighted by Crippen LogP contribution is -2.62. The molecule has 0 radical (unpaired) electrons. The van der Waals surface area contributed by atoms with Gasteiger partial charge in [-0.15, -0.1) is 0 Å². The van der Waals surface area contributed by atoms with Crippen LogP contribution >= 0.6 is 0 Å². The summed E-state index contributed by atoms with van der Waals surface area (Å²) in [5.41, 5.74) is 17.2. The van der Waals surface area contributed by atoms with Crippen LogP contribution in [0.1, 0.15) is 101 Å². The van der Waals surface area contributed by atoms with Crippen LogP contribution in [-0.4, -0.2) is 155 Å². The number of carbonyl (C=O) groups excluding carboxylic acids is 5. The van der Waals surface area contributed by atoms with E-state index in [1.54, 1.807) is 49.5 Å². The molecule has 18 nitrogen and oxygen atoms in total. The van der Waals surface area contributed by atoms with Gasteiger partial charge in [-0.2, -0.15) is 0 Å². The lowest BCUT2D eigenvalue weighted by atomic mass is 9.84. The number of ether oxygens (including phenoxy) is 3. The Hall–Kier alpha value is -7.30. The maximum absolute atomic E-state index is 15.0. The first-order valence-corrected chi connectivity index (χ1v) is 28.0. The molecule has 424 valence electrons. The van der Waals surface area contributed by atoms with Gasteiger partial charge in [0, 0.05) is 106 Å². The smallest absolute Gasteiger partial charge is 0.324 e. The molecule has 6 heterocycles. The van der Waals surface area contributed by atoms with Crippen molar-refractivity contribution in [3.63, 3.8) is 0 Å². The average Bonchev–Trinajstić information content (AvgIpc) is 4.20. The first kappa shape index (κ1) is 57.4. The number of methoxy groups -OCH3 is 1. The molecule has 4 aliphatic heterocycles. The number of phenols is 1. The summed E-state index contributed by atoms with van der Waals surface area (Å²) in [5, 5.41) is 16.9. The third kappa shape index (κ3) is 12.4. The molecule has 0 aliphatic carbocycles. The van der Waals surface area contributed by atoms with Gasteiger partial charge in [-0.3, -0.25) is 38.9 Å². The zero-order chi connectivity index (χ0) is 57.2. The zero-order valence-electron chi connectivity index (χ0n) is 47.6. The fourth-order valence-corrected chi connectivity index (χ4v) is 11.8. The maximum atomic E-state index is 15.0. The van der Waals surface area contributed by atoms with E-state index in [1.807, 2.05) is 57.0 Å². The molecule has 0 unspecified atom stereocenters. The molecule has 6 bridgehead atoms. The summed E-state index contributed by atoms with van der Waals surface area (Å²) in [6, 6.07) is 17.8. The highest BCUT2D eigenvalue weighted by Gasteiger charge is 2.42. The zero-order valence-corrected chi connectivity index (χ0v) is 47.6. The predicted molar refractivity (Wildman–Crippen MR) is 306 cm³/mol. The number of likely N-dealkylation sites (N-methyl/N-ethyl adjacent to an activating group) is 2. The Kier molecular flexibility index (Phi) is 17.4. The molecule has 0 spiro atoms. The summed E-state index contributed by atoms with van der Waals surface area (Å²) in [6.07, 6.45) is 2.49. The van der Waals surface area contributed by atoms with Crippen LogP contribution in [0.5, 0.6) is 5.75 Å². The molecular formula is C62H77N9O9. The summed E-state index contributed by atoms with van der Waals surface area (Å²) >= 11 is 0. The third-order valence-electron chi connectivity index (χ3n) is 16.2. The van der Waals surface area contributed by atoms with Crippen molar-refractivity contribution in [1.29, 1.82) is 0 Å². The third-order valence-corrected chi connectivity index (χ3v) is 16.2. The highest BCUT2D eigenvalue weighted by molar-refractivity contribution is 5.96. The number of cyclic esters (lactones) is 1. The standard InChI is InChI=1S/C62H77N9O9/c1-10-70-52-20-17-42-32-47(52)49(56(70)48-29-39(34-64-54(48)38(4)78-9)13-11-22-69-25-24-67(7)53(73)35-69)33-62(5,6)36-80-61(77)50-14-12-23-71(66-50)59(75)51(30-40-27-43(42)31-45(72)28-40)65-58(74)55(37(2)3)68(8)60(76)57-46(21-26-79-57)41-15-18-44(63)19-16-41/h15-20,27-29,31-32,34,37-38,46,50-51,55,57,66,72H,10,12,14,21-26,30,33,35-36,63H2,1-9H3,(H,65,74)/t38-,46+,50-,51-,55-,57+/m0/s1. The minimum atomic E-state index is -1.20. The fourth-order valence-electron chi connectivity index (χ4n) is 11.8. The Balaban J connectivity index is 1.11. The molecule has 5 aromatic rings. The molecule has 0 saturated carbocycles. The summed E-state index contributed by atoms with van der Waals surface area (Å²) in [7, 11) is 5.07. The largest absolute Gasteiger partial charge is 0.508 e. The summed E-state index contributed by atoms with van der Waals surface area (Å²) in [5.74, 6) is 4.16. The number of nitrogen functional groups attached to an aromatic ring is 1. The highest BCUT2D eigenvalue weighted by atomic mass is 16.5. The molecule has 3 aromatic carbocycles. The topological polar surface area (TPSA) is 214 Å². The molecule has 9 rings (SSSR count). The Morgan fingerprint density at radius 1 is 1.01 bits per heavy atom. The van der Waals surface area contributed by atoms with Gasteiger partial charge in [-0.25, -0.2) is 5.43 Å². The number of hydrogen-bond acceptors (Lipinski definition) is 13. The number of nitrogens with two attached hydrogens (primary N) is 1. The number of benzene rings is 3. The lowest BCUT2D eigenvalue weighted by Gasteiger charge is -2.37. The van der Waals surface area contributed by atoms with Gasteiger partial charge in [0.2, 0.25) is 11.8 Å². The van der Waals surface area contributed by atoms with Gasteiger partial charge in [0.05, 0.1) is 37.2 Å². The summed E-state index contributed by atoms with van der Waals surface area (Å²) < 4.78 is 20.5. The number of phenolic OH excluding ortho intramolecular Hbond substituents is 1. The SMILES string of the molecule is CCn1c(-c2cc(C#CCN3CCN(C)C(=O)C3)cnc2[C@H](C)OC)c2c3cc(ccc31)-c1cc(O)cc(c1)C[C@H](NC(=O)[C@H](C(C)C)N(C)C(=O)[C@@H]1OCC[C@@H]1c1ccc(N)cc1)C(=O)N1CCC[C@H](N1)C(=O)OCC(C)(C)C2. The second kappa shape index (κ2) is 24.2. The molecule has 3 saturated heterocycles. The predicted octanol–water partition coefficient (Wildman–Crippen LogP) is 6.22. The Bertz CT molecular complexity index is 3220. The number of hydrazine groups is 1. The molecule has 18 heteroatoms. The number of hydrogen-bond donors (Lipinski definition) is 4. The van der Waals surface area contributed by atoms with Crippen molar-refractivity contribution in [1.82, 2.24) is 40.0 Å². The van der Waals surface area contributed by atoms with E-state index in [0.29, 0.717) is 80.8 Å². The van der Waals surface area contributed by atoms with Gasteiger partial charge < -0.3 is 44.7 Å². The minimum absolute atomic E-state index is 0.0318. The van der Waals surface area contributed by atoms with Crippen molar-refractivity contribution < 1.29 is 43.3 Å². The van der Waals surface area contributed by atoms with E-state index >= 15 is 0 Å². The fraction of sp³-hybridized carbons (Fsp3) is 0.484. The van der Waals surface area contributed by atoms with Crippen molar-refractivity contribution in [2.24, 2.45) is 11.3 Å². The van der Waals surface area contributed by atoms with E-state index < -0.39 is 53.5 Å². The van der Waals surface area contributed by atoms with Crippen LogP contribution < -0.4 is 16.5 Å². The number of carbonyl (C=O) groups is 5. The van der Waals surface area contributed by atoms with Crippen molar-refractivity contribution in [3.05, 3.63) is 101 Å². The number of pyridine rings is 1. The molecule has 2 aromatic heterocycles. The van der Waals surface area contributed by atoms with Crippen LogP contribution in [0.3, 0.4) is 0 Å². The first-order valence-electron chi connectivity index (χ1n) is 28.0. The van der Waals surface area contributed by atoms with Gasteiger partial charge in [-0.1, -0.05) is 63.8 Å². The van der Waals surface area contributed by atoms with Gasteiger partial charge in [0.15, 0.2) is 0 Å². The van der Waals surface area contributed by atoms with Gasteiger partial charge in [0.1, 0.15) is 30.0 Å². The van der Waals surface area contributed by atoms with Gasteiger partial charge in [0.25, 0.3) is 11.8 Å². The number of esters is 1. The molecule has 4 aliphatic rings. The number of nitrogens with one attached hydrogen (secondary N) is 2. The van der Waals surface area contributed by atoms with Crippen molar-refractivity contribution in [3.8, 4) is 40.0 Å². The lowest BCUT2D eigenvalue weighted by molar-refractivity contribution is -0.155. The molecule has 4 amide bonds. The van der Waals surface area contributed by atoms with E-state index in [-0.39, 0.29) is 49.0 Å². The van der Waals surface area contributed by atoms with Crippen molar-refractivity contribution in [2.75, 3.05) is 72.9 Å². The number of aromatic nitrogens is 2. The second-order valence-electron chi connectivity index (χ2n) is 23.1. The summed E-state index contributed by atoms with van der Waals surface area (Å²) in [4.78, 5) is 81.1. The normalized spacial score (nSPS) is 21.6. The van der Waals surface area contributed by atoms with Crippen LogP contribution in [0.2, 0.25) is 0 Å². The van der Waals surface area contributed by atoms with Crippen LogP contribution in [-0.2, 0) is 57.6 Å². The van der Waals surface area contributed by atoms with E-state index in [2.05, 4.69) is 66.1 Å². The number of rotatable bonds is 11. The van der Waals surface area contributed by atoms with Crippen molar-refractivity contribution >= 4 is 46.2 Å². The monoisotopic (exact) mass is 1090 g/mol. The molecular weight excluding hydrogens is 1010 g/mol. The quantitative estimate of drug-likeness (QED) is 0.0659. The second-order valence-corrected chi connectivity index (χ2v) is 23.1. The first-order chi connectivity index (χ1) is 38.2. The van der Waals surface area contributed by atoms with E-state index in [1.165, 1.54) is 9.91 Å². The number of aryl methyl sites for hydroxylation is 1. The van der Waals surface area contributed by atoms with E-state index in [0.717, 1.165) is 51.1 Å². The number of fused-ring (bicyclic) bond motifs is 6. The van der Waals surface area contributed by atoms with Crippen LogP contribution in [0, 0.1) is 23.2 Å². The molecule has 80 heavy (non-hydrogen) atoms. The van der Waals surface area contributed by atoms with E-state index in [9.17, 15) is 29.1 Å². The van der Waals surface area contributed by atoms with Gasteiger partial charge in [-0.05, 0) is 116 Å². The van der Waals surface area contributed by atoms with Gasteiger partial charge >= 0.3 is 5.97 Å². The molecule has 3 fully saturated rings.